The standard InChI is InChI=1S/C17H16OS/c1-19-16-11-15(16)12-7-9-14(10-8-12)17(18)13-5-3-2-4-6-13/h2-10,15-16H,11H2,1H3. The van der Waals surface area contributed by atoms with Crippen LogP contribution in [-0.4, -0.2) is 17.3 Å². The molecule has 0 N–H and O–H groups in total. The second kappa shape index (κ2) is 5.22. The summed E-state index contributed by atoms with van der Waals surface area (Å²) in [5.74, 6) is 0.792. The summed E-state index contributed by atoms with van der Waals surface area (Å²) < 4.78 is 0. The molecule has 2 unspecified atom stereocenters. The fourth-order valence-electron chi connectivity index (χ4n) is 2.42. The Balaban J connectivity index is 1.78. The molecule has 1 aliphatic rings. The summed E-state index contributed by atoms with van der Waals surface area (Å²) in [6.07, 6.45) is 3.44. The van der Waals surface area contributed by atoms with Gasteiger partial charge in [-0.3, -0.25) is 4.79 Å². The Morgan fingerprint density at radius 1 is 1.00 bits per heavy atom. The molecule has 1 saturated carbocycles. The van der Waals surface area contributed by atoms with E-state index in [-0.39, 0.29) is 5.78 Å². The SMILES string of the molecule is CSC1CC1c1ccc(C(=O)c2ccccc2)cc1. The number of rotatable bonds is 4. The van der Waals surface area contributed by atoms with Gasteiger partial charge in [0.25, 0.3) is 0 Å². The van der Waals surface area contributed by atoms with Crippen molar-refractivity contribution in [1.82, 2.24) is 0 Å². The highest BCUT2D eigenvalue weighted by molar-refractivity contribution is 7.99. The van der Waals surface area contributed by atoms with E-state index in [1.807, 2.05) is 54.2 Å². The smallest absolute Gasteiger partial charge is 0.193 e. The van der Waals surface area contributed by atoms with E-state index in [0.29, 0.717) is 5.92 Å². The fourth-order valence-corrected chi connectivity index (χ4v) is 3.31. The summed E-state index contributed by atoms with van der Waals surface area (Å²) in [6, 6.07) is 17.6. The lowest BCUT2D eigenvalue weighted by atomic mass is 10.0. The van der Waals surface area contributed by atoms with Crippen LogP contribution < -0.4 is 0 Å². The lowest BCUT2D eigenvalue weighted by Crippen LogP contribution is -2.00. The van der Waals surface area contributed by atoms with Crippen LogP contribution >= 0.6 is 11.8 Å². The van der Waals surface area contributed by atoms with Gasteiger partial charge in [-0.1, -0.05) is 54.6 Å². The van der Waals surface area contributed by atoms with Gasteiger partial charge in [0.15, 0.2) is 5.78 Å². The molecule has 3 rings (SSSR count). The number of hydrogen-bond donors (Lipinski definition) is 0. The summed E-state index contributed by atoms with van der Waals surface area (Å²) >= 11 is 1.93. The first-order chi connectivity index (χ1) is 9.29. The van der Waals surface area contributed by atoms with Crippen LogP contribution in [-0.2, 0) is 0 Å². The summed E-state index contributed by atoms with van der Waals surface area (Å²) in [6.45, 7) is 0. The van der Waals surface area contributed by atoms with Gasteiger partial charge in [-0.05, 0) is 24.2 Å². The Morgan fingerprint density at radius 3 is 2.21 bits per heavy atom. The Labute approximate surface area is 118 Å². The van der Waals surface area contributed by atoms with Crippen molar-refractivity contribution in [1.29, 1.82) is 0 Å². The summed E-state index contributed by atoms with van der Waals surface area (Å²) in [4.78, 5) is 12.3. The van der Waals surface area contributed by atoms with Crippen molar-refractivity contribution < 1.29 is 4.79 Å². The van der Waals surface area contributed by atoms with Crippen molar-refractivity contribution in [3.63, 3.8) is 0 Å². The highest BCUT2D eigenvalue weighted by atomic mass is 32.2. The van der Waals surface area contributed by atoms with Crippen LogP contribution in [0.1, 0.15) is 33.8 Å². The zero-order valence-corrected chi connectivity index (χ0v) is 11.7. The molecular formula is C17H16OS. The van der Waals surface area contributed by atoms with Gasteiger partial charge < -0.3 is 0 Å². The Morgan fingerprint density at radius 2 is 1.63 bits per heavy atom. The number of carbonyl (C=O) groups is 1. The molecule has 0 saturated heterocycles. The van der Waals surface area contributed by atoms with Crippen LogP contribution in [0, 0.1) is 0 Å². The second-order valence-electron chi connectivity index (χ2n) is 4.93. The zero-order valence-electron chi connectivity index (χ0n) is 10.9. The van der Waals surface area contributed by atoms with Crippen LogP contribution in [0.4, 0.5) is 0 Å². The van der Waals surface area contributed by atoms with Crippen molar-refractivity contribution in [3.8, 4) is 0 Å². The lowest BCUT2D eigenvalue weighted by molar-refractivity contribution is 0.103. The molecule has 2 atom stereocenters. The fraction of sp³-hybridized carbons (Fsp3) is 0.235. The average molecular weight is 268 g/mol. The van der Waals surface area contributed by atoms with E-state index < -0.39 is 0 Å². The molecule has 0 radical (unpaired) electrons. The molecule has 1 fully saturated rings. The van der Waals surface area contributed by atoms with Gasteiger partial charge in [-0.2, -0.15) is 11.8 Å². The van der Waals surface area contributed by atoms with Crippen molar-refractivity contribution >= 4 is 17.5 Å². The third kappa shape index (κ3) is 2.59. The van der Waals surface area contributed by atoms with Crippen molar-refractivity contribution in [3.05, 3.63) is 71.3 Å². The van der Waals surface area contributed by atoms with Gasteiger partial charge in [0.05, 0.1) is 0 Å². The van der Waals surface area contributed by atoms with E-state index in [1.54, 1.807) is 0 Å². The first-order valence-electron chi connectivity index (χ1n) is 6.52. The maximum absolute atomic E-state index is 12.3. The molecule has 19 heavy (non-hydrogen) atoms. The molecule has 0 aromatic heterocycles. The van der Waals surface area contributed by atoms with Gasteiger partial charge in [0.1, 0.15) is 0 Å². The normalized spacial score (nSPS) is 21.1. The molecule has 2 aromatic carbocycles. The zero-order chi connectivity index (χ0) is 13.2. The van der Waals surface area contributed by atoms with Crippen molar-refractivity contribution in [2.75, 3.05) is 6.26 Å². The molecule has 0 amide bonds. The molecule has 1 nitrogen and oxygen atoms in total. The molecule has 0 spiro atoms. The predicted octanol–water partition coefficient (Wildman–Crippen LogP) is 4.14. The number of carbonyl (C=O) groups excluding carboxylic acids is 1. The molecule has 1 aliphatic carbocycles. The van der Waals surface area contributed by atoms with Gasteiger partial charge in [0.2, 0.25) is 0 Å². The molecule has 0 aliphatic heterocycles. The van der Waals surface area contributed by atoms with Crippen LogP contribution in [0.25, 0.3) is 0 Å². The Bertz CT molecular complexity index is 574. The van der Waals surface area contributed by atoms with Gasteiger partial charge in [-0.25, -0.2) is 0 Å². The summed E-state index contributed by atoms with van der Waals surface area (Å²) in [7, 11) is 0. The Kier molecular flexibility index (Phi) is 3.43. The van der Waals surface area contributed by atoms with Gasteiger partial charge in [0, 0.05) is 16.4 Å². The molecule has 2 aromatic rings. The third-order valence-corrected chi connectivity index (χ3v) is 4.80. The first-order valence-corrected chi connectivity index (χ1v) is 7.81. The lowest BCUT2D eigenvalue weighted by Gasteiger charge is -2.03. The minimum atomic E-state index is 0.101. The summed E-state index contributed by atoms with van der Waals surface area (Å²) in [5.41, 5.74) is 2.89. The highest BCUT2D eigenvalue weighted by Gasteiger charge is 2.37. The minimum absolute atomic E-state index is 0.101. The predicted molar refractivity (Wildman–Crippen MR) is 81.0 cm³/mol. The van der Waals surface area contributed by atoms with Crippen LogP contribution in [0.2, 0.25) is 0 Å². The van der Waals surface area contributed by atoms with E-state index >= 15 is 0 Å². The maximum atomic E-state index is 12.3. The van der Waals surface area contributed by atoms with Crippen molar-refractivity contribution in [2.24, 2.45) is 0 Å². The average Bonchev–Trinajstić information content (AvgIpc) is 3.27. The van der Waals surface area contributed by atoms with E-state index in [2.05, 4.69) is 18.4 Å². The maximum Gasteiger partial charge on any atom is 0.193 e. The molecule has 2 heteroatoms. The minimum Gasteiger partial charge on any atom is -0.289 e. The molecule has 0 heterocycles. The third-order valence-electron chi connectivity index (χ3n) is 3.67. The second-order valence-corrected chi connectivity index (χ2v) is 6.01. The summed E-state index contributed by atoms with van der Waals surface area (Å²) in [5, 5.41) is 0.774. The number of ketones is 1. The largest absolute Gasteiger partial charge is 0.289 e. The highest BCUT2D eigenvalue weighted by Crippen LogP contribution is 2.48. The molecule has 0 bridgehead atoms. The molecular weight excluding hydrogens is 252 g/mol. The van der Waals surface area contributed by atoms with E-state index in [4.69, 9.17) is 0 Å². The number of hydrogen-bond acceptors (Lipinski definition) is 2. The quantitative estimate of drug-likeness (QED) is 0.775. The van der Waals surface area contributed by atoms with Crippen LogP contribution in [0.3, 0.4) is 0 Å². The topological polar surface area (TPSA) is 17.1 Å². The number of benzene rings is 2. The van der Waals surface area contributed by atoms with E-state index in [9.17, 15) is 4.79 Å². The van der Waals surface area contributed by atoms with Crippen LogP contribution in [0.5, 0.6) is 0 Å². The van der Waals surface area contributed by atoms with Gasteiger partial charge >= 0.3 is 0 Å². The monoisotopic (exact) mass is 268 g/mol. The van der Waals surface area contributed by atoms with Crippen LogP contribution in [0.15, 0.2) is 54.6 Å². The van der Waals surface area contributed by atoms with Gasteiger partial charge in [-0.15, -0.1) is 0 Å². The van der Waals surface area contributed by atoms with E-state index in [1.165, 1.54) is 12.0 Å². The van der Waals surface area contributed by atoms with E-state index in [0.717, 1.165) is 16.4 Å². The van der Waals surface area contributed by atoms with Crippen molar-refractivity contribution in [2.45, 2.75) is 17.6 Å². The molecule has 96 valence electrons. The first kappa shape index (κ1) is 12.5. The Hall–Kier alpha value is -1.54. The number of thioether (sulfide) groups is 1.